The van der Waals surface area contributed by atoms with Gasteiger partial charge < -0.3 is 5.11 Å². The Morgan fingerprint density at radius 2 is 2.00 bits per heavy atom. The average molecular weight is 222 g/mol. The molecule has 1 heteroatoms. The van der Waals surface area contributed by atoms with Crippen molar-refractivity contribution in [2.24, 2.45) is 23.2 Å². The van der Waals surface area contributed by atoms with Crippen LogP contribution in [0.4, 0.5) is 0 Å². The van der Waals surface area contributed by atoms with E-state index in [4.69, 9.17) is 0 Å². The van der Waals surface area contributed by atoms with Gasteiger partial charge in [-0.05, 0) is 43.4 Å². The fraction of sp³-hybridized carbons (Fsp3) is 0.867. The van der Waals surface area contributed by atoms with Crippen LogP contribution in [-0.4, -0.2) is 11.2 Å². The largest absolute Gasteiger partial charge is 0.392 e. The number of aliphatic hydroxyl groups is 1. The van der Waals surface area contributed by atoms with Crippen molar-refractivity contribution in [1.82, 2.24) is 0 Å². The normalized spacial score (nSPS) is 48.5. The van der Waals surface area contributed by atoms with E-state index in [1.807, 2.05) is 0 Å². The highest BCUT2D eigenvalue weighted by atomic mass is 16.3. The molecule has 0 aromatic rings. The Morgan fingerprint density at radius 1 is 1.31 bits per heavy atom. The molecule has 16 heavy (non-hydrogen) atoms. The van der Waals surface area contributed by atoms with Gasteiger partial charge >= 0.3 is 0 Å². The zero-order valence-corrected chi connectivity index (χ0v) is 11.0. The molecule has 0 bridgehead atoms. The van der Waals surface area contributed by atoms with Crippen molar-refractivity contribution in [3.63, 3.8) is 0 Å². The van der Waals surface area contributed by atoms with Gasteiger partial charge in [0.15, 0.2) is 0 Å². The second-order valence-electron chi connectivity index (χ2n) is 6.53. The van der Waals surface area contributed by atoms with E-state index in [-0.39, 0.29) is 6.10 Å². The zero-order chi connectivity index (χ0) is 11.9. The summed E-state index contributed by atoms with van der Waals surface area (Å²) in [6.07, 6.45) is 6.21. The van der Waals surface area contributed by atoms with E-state index >= 15 is 0 Å². The molecular weight excluding hydrogens is 196 g/mol. The Hall–Kier alpha value is -0.300. The topological polar surface area (TPSA) is 20.2 Å². The van der Waals surface area contributed by atoms with Crippen LogP contribution >= 0.6 is 0 Å². The number of aliphatic hydroxyl groups excluding tert-OH is 1. The van der Waals surface area contributed by atoms with Gasteiger partial charge in [-0.2, -0.15) is 0 Å². The molecule has 2 aliphatic rings. The first-order chi connectivity index (χ1) is 7.46. The maximum absolute atomic E-state index is 10.6. The summed E-state index contributed by atoms with van der Waals surface area (Å²) in [5, 5.41) is 10.6. The summed E-state index contributed by atoms with van der Waals surface area (Å²) in [6.45, 7) is 10.8. The second kappa shape index (κ2) is 4.18. The third-order valence-corrected chi connectivity index (χ3v) is 5.26. The van der Waals surface area contributed by atoms with Gasteiger partial charge in [0.05, 0.1) is 6.10 Å². The molecule has 2 saturated carbocycles. The van der Waals surface area contributed by atoms with Gasteiger partial charge in [0.1, 0.15) is 0 Å². The Morgan fingerprint density at radius 3 is 2.62 bits per heavy atom. The van der Waals surface area contributed by atoms with E-state index in [1.165, 1.54) is 31.3 Å². The van der Waals surface area contributed by atoms with E-state index < -0.39 is 0 Å². The highest BCUT2D eigenvalue weighted by Gasteiger charge is 2.49. The van der Waals surface area contributed by atoms with E-state index in [2.05, 4.69) is 27.4 Å². The molecule has 5 atom stereocenters. The minimum absolute atomic E-state index is 0.147. The molecule has 2 fully saturated rings. The van der Waals surface area contributed by atoms with Crippen LogP contribution in [0.5, 0.6) is 0 Å². The van der Waals surface area contributed by atoms with Gasteiger partial charge in [0.2, 0.25) is 0 Å². The number of hydrogen-bond acceptors (Lipinski definition) is 1. The molecule has 0 aliphatic heterocycles. The molecule has 0 heterocycles. The second-order valence-corrected chi connectivity index (χ2v) is 6.53. The molecule has 92 valence electrons. The predicted molar refractivity (Wildman–Crippen MR) is 68.2 cm³/mol. The Balaban J connectivity index is 2.23. The van der Waals surface area contributed by atoms with Crippen molar-refractivity contribution in [3.05, 3.63) is 12.2 Å². The molecule has 0 aromatic carbocycles. The third kappa shape index (κ3) is 1.84. The van der Waals surface area contributed by atoms with E-state index in [0.717, 1.165) is 6.42 Å². The molecule has 4 unspecified atom stereocenters. The fourth-order valence-corrected chi connectivity index (χ4v) is 4.35. The van der Waals surface area contributed by atoms with E-state index in [9.17, 15) is 5.11 Å². The van der Waals surface area contributed by atoms with Gasteiger partial charge in [-0.3, -0.25) is 0 Å². The molecule has 1 N–H and O–H groups in total. The van der Waals surface area contributed by atoms with Crippen molar-refractivity contribution in [3.8, 4) is 0 Å². The Bertz CT molecular complexity index is 283. The number of fused-ring (bicyclic) bond motifs is 1. The first kappa shape index (κ1) is 12.2. The lowest BCUT2D eigenvalue weighted by Gasteiger charge is -2.53. The minimum Gasteiger partial charge on any atom is -0.392 e. The number of rotatable bonds is 1. The molecule has 0 radical (unpaired) electrons. The van der Waals surface area contributed by atoms with Crippen LogP contribution < -0.4 is 0 Å². The van der Waals surface area contributed by atoms with Gasteiger partial charge in [-0.15, -0.1) is 0 Å². The summed E-state index contributed by atoms with van der Waals surface area (Å²) in [6, 6.07) is 0. The Kier molecular flexibility index (Phi) is 3.18. The summed E-state index contributed by atoms with van der Waals surface area (Å²) in [5.74, 6) is 1.52. The lowest BCUT2D eigenvalue weighted by Crippen LogP contribution is -2.50. The highest BCUT2D eigenvalue weighted by molar-refractivity contribution is 5.08. The molecule has 2 rings (SSSR count). The lowest BCUT2D eigenvalue weighted by atomic mass is 9.53. The first-order valence-corrected chi connectivity index (χ1v) is 6.79. The molecule has 0 aromatic heterocycles. The molecule has 0 amide bonds. The van der Waals surface area contributed by atoms with Crippen LogP contribution in [0.2, 0.25) is 0 Å². The lowest BCUT2D eigenvalue weighted by molar-refractivity contribution is -0.0934. The SMILES string of the molecule is C=C(C)C1CCC2(C)CCCC(C)C2[C@H]1O. The summed E-state index contributed by atoms with van der Waals surface area (Å²) < 4.78 is 0. The summed E-state index contributed by atoms with van der Waals surface area (Å²) in [4.78, 5) is 0. The van der Waals surface area contributed by atoms with Crippen molar-refractivity contribution < 1.29 is 5.11 Å². The summed E-state index contributed by atoms with van der Waals surface area (Å²) >= 11 is 0. The summed E-state index contributed by atoms with van der Waals surface area (Å²) in [5.41, 5.74) is 1.57. The molecule has 2 aliphatic carbocycles. The van der Waals surface area contributed by atoms with Crippen molar-refractivity contribution in [2.75, 3.05) is 0 Å². The fourth-order valence-electron chi connectivity index (χ4n) is 4.35. The standard InChI is InChI=1S/C15H26O/c1-10(2)12-7-9-15(4)8-5-6-11(3)13(15)14(12)16/h11-14,16H,1,5-9H2,2-4H3/t11?,12?,13?,14-,15?/m0/s1. The maximum Gasteiger partial charge on any atom is 0.0641 e. The van der Waals surface area contributed by atoms with Gasteiger partial charge in [-0.1, -0.05) is 38.8 Å². The molecule has 1 nitrogen and oxygen atoms in total. The smallest absolute Gasteiger partial charge is 0.0641 e. The van der Waals surface area contributed by atoms with Gasteiger partial charge in [0, 0.05) is 5.92 Å². The maximum atomic E-state index is 10.6. The van der Waals surface area contributed by atoms with Crippen LogP contribution in [0.3, 0.4) is 0 Å². The van der Waals surface area contributed by atoms with Crippen LogP contribution in [0.1, 0.15) is 52.9 Å². The van der Waals surface area contributed by atoms with Gasteiger partial charge in [-0.25, -0.2) is 0 Å². The van der Waals surface area contributed by atoms with E-state index in [1.54, 1.807) is 0 Å². The predicted octanol–water partition coefficient (Wildman–Crippen LogP) is 3.78. The van der Waals surface area contributed by atoms with Gasteiger partial charge in [0.25, 0.3) is 0 Å². The highest BCUT2D eigenvalue weighted by Crippen LogP contribution is 2.54. The molecule has 0 spiro atoms. The monoisotopic (exact) mass is 222 g/mol. The quantitative estimate of drug-likeness (QED) is 0.669. The van der Waals surface area contributed by atoms with Crippen molar-refractivity contribution in [2.45, 2.75) is 59.0 Å². The Labute approximate surface area is 99.9 Å². The van der Waals surface area contributed by atoms with Crippen LogP contribution in [0, 0.1) is 23.2 Å². The average Bonchev–Trinajstić information content (AvgIpc) is 2.16. The molecule has 0 saturated heterocycles. The third-order valence-electron chi connectivity index (χ3n) is 5.26. The van der Waals surface area contributed by atoms with E-state index in [0.29, 0.717) is 23.2 Å². The van der Waals surface area contributed by atoms with Crippen LogP contribution in [-0.2, 0) is 0 Å². The minimum atomic E-state index is -0.147. The van der Waals surface area contributed by atoms with Crippen LogP contribution in [0.15, 0.2) is 12.2 Å². The van der Waals surface area contributed by atoms with Crippen LogP contribution in [0.25, 0.3) is 0 Å². The first-order valence-electron chi connectivity index (χ1n) is 6.79. The summed E-state index contributed by atoms with van der Waals surface area (Å²) in [7, 11) is 0. The van der Waals surface area contributed by atoms with Crippen molar-refractivity contribution in [1.29, 1.82) is 0 Å². The zero-order valence-electron chi connectivity index (χ0n) is 11.0. The molecular formula is C15H26O. The van der Waals surface area contributed by atoms with Crippen molar-refractivity contribution >= 4 is 0 Å². The number of hydrogen-bond donors (Lipinski definition) is 1.